The number of carbonyl (C=O) groups is 1. The number of nitrogens with zero attached hydrogens (tertiary/aromatic N) is 2. The molecule has 2 rings (SSSR count). The Bertz CT molecular complexity index is 611. The Morgan fingerprint density at radius 1 is 1.30 bits per heavy atom. The molecular weight excluding hydrogens is 278 g/mol. The average molecular weight is 291 g/mol. The van der Waals surface area contributed by atoms with Gasteiger partial charge in [0.05, 0.1) is 14.2 Å². The first-order valence-corrected chi connectivity index (χ1v) is 6.58. The van der Waals surface area contributed by atoms with Crippen molar-refractivity contribution >= 4 is 28.5 Å². The maximum Gasteiger partial charge on any atom is 0.250 e. The highest BCUT2D eigenvalue weighted by atomic mass is 32.1. The predicted molar refractivity (Wildman–Crippen MR) is 77.1 cm³/mol. The molecule has 0 aliphatic carbocycles. The van der Waals surface area contributed by atoms with Crippen LogP contribution in [0.4, 0.5) is 5.13 Å². The van der Waals surface area contributed by atoms with Crippen molar-refractivity contribution in [3.63, 3.8) is 0 Å². The van der Waals surface area contributed by atoms with Gasteiger partial charge in [0.15, 0.2) is 11.5 Å². The summed E-state index contributed by atoms with van der Waals surface area (Å²) in [5, 5.41) is 10.4. The number of amides is 1. The summed E-state index contributed by atoms with van der Waals surface area (Å²) in [4.78, 5) is 11.6. The summed E-state index contributed by atoms with van der Waals surface area (Å²) >= 11 is 1.26. The van der Waals surface area contributed by atoms with E-state index in [1.807, 2.05) is 6.07 Å². The minimum Gasteiger partial charge on any atom is -0.493 e. The van der Waals surface area contributed by atoms with Gasteiger partial charge in [-0.2, -0.15) is 0 Å². The number of aromatic nitrogens is 2. The number of hydrogen-bond donors (Lipinski definition) is 1. The van der Waals surface area contributed by atoms with Crippen LogP contribution in [-0.2, 0) is 4.79 Å². The van der Waals surface area contributed by atoms with Crippen LogP contribution in [0.1, 0.15) is 5.56 Å². The molecule has 1 amide bonds. The molecule has 7 heteroatoms. The van der Waals surface area contributed by atoms with Crippen LogP contribution in [0.25, 0.3) is 6.08 Å². The van der Waals surface area contributed by atoms with Crippen molar-refractivity contribution < 1.29 is 14.3 Å². The number of ether oxygens (including phenoxy) is 2. The van der Waals surface area contributed by atoms with Crippen LogP contribution in [0.5, 0.6) is 11.5 Å². The molecule has 1 N–H and O–H groups in total. The van der Waals surface area contributed by atoms with Gasteiger partial charge >= 0.3 is 0 Å². The molecule has 1 heterocycles. The van der Waals surface area contributed by atoms with Gasteiger partial charge in [-0.05, 0) is 23.8 Å². The van der Waals surface area contributed by atoms with E-state index in [2.05, 4.69) is 15.5 Å². The molecule has 1 aromatic heterocycles. The van der Waals surface area contributed by atoms with E-state index in [0.717, 1.165) is 5.56 Å². The summed E-state index contributed by atoms with van der Waals surface area (Å²) < 4.78 is 10.3. The lowest BCUT2D eigenvalue weighted by molar-refractivity contribution is -0.111. The SMILES string of the molecule is COc1ccc(/C=C/C(=O)Nc2nncs2)cc1OC. The van der Waals surface area contributed by atoms with Gasteiger partial charge in [0.2, 0.25) is 11.0 Å². The summed E-state index contributed by atoms with van der Waals surface area (Å²) in [5.41, 5.74) is 2.38. The maximum atomic E-state index is 11.6. The highest BCUT2D eigenvalue weighted by molar-refractivity contribution is 7.13. The fraction of sp³-hybridized carbons (Fsp3) is 0.154. The first-order chi connectivity index (χ1) is 9.72. The molecule has 1 aromatic carbocycles. The smallest absolute Gasteiger partial charge is 0.250 e. The molecule has 20 heavy (non-hydrogen) atoms. The zero-order chi connectivity index (χ0) is 14.4. The second-order valence-corrected chi connectivity index (χ2v) is 4.51. The Kier molecular flexibility index (Phi) is 4.67. The van der Waals surface area contributed by atoms with Crippen LogP contribution < -0.4 is 14.8 Å². The van der Waals surface area contributed by atoms with E-state index >= 15 is 0 Å². The predicted octanol–water partition coefficient (Wildman–Crippen LogP) is 2.21. The first-order valence-electron chi connectivity index (χ1n) is 5.70. The lowest BCUT2D eigenvalue weighted by atomic mass is 10.2. The van der Waals surface area contributed by atoms with E-state index in [9.17, 15) is 4.79 Å². The van der Waals surface area contributed by atoms with Crippen molar-refractivity contribution in [1.29, 1.82) is 0 Å². The van der Waals surface area contributed by atoms with Gasteiger partial charge in [-0.1, -0.05) is 17.4 Å². The molecule has 0 saturated heterocycles. The molecule has 0 spiro atoms. The highest BCUT2D eigenvalue weighted by Crippen LogP contribution is 2.27. The molecule has 0 atom stereocenters. The number of rotatable bonds is 5. The summed E-state index contributed by atoms with van der Waals surface area (Å²) in [5.74, 6) is 0.985. The molecule has 6 nitrogen and oxygen atoms in total. The van der Waals surface area contributed by atoms with Gasteiger partial charge in [0.25, 0.3) is 0 Å². The summed E-state index contributed by atoms with van der Waals surface area (Å²) in [7, 11) is 3.14. The molecule has 0 aliphatic heterocycles. The molecule has 0 saturated carbocycles. The minimum absolute atomic E-state index is 0.267. The Balaban J connectivity index is 2.05. The van der Waals surface area contributed by atoms with E-state index in [0.29, 0.717) is 16.6 Å². The van der Waals surface area contributed by atoms with Crippen molar-refractivity contribution in [2.75, 3.05) is 19.5 Å². The monoisotopic (exact) mass is 291 g/mol. The van der Waals surface area contributed by atoms with E-state index in [1.54, 1.807) is 37.9 Å². The van der Waals surface area contributed by atoms with Crippen molar-refractivity contribution in [2.45, 2.75) is 0 Å². The zero-order valence-electron chi connectivity index (χ0n) is 11.0. The van der Waals surface area contributed by atoms with E-state index in [1.165, 1.54) is 17.4 Å². The first kappa shape index (κ1) is 14.0. The number of anilines is 1. The van der Waals surface area contributed by atoms with Crippen molar-refractivity contribution in [2.24, 2.45) is 0 Å². The molecule has 0 unspecified atom stereocenters. The van der Waals surface area contributed by atoms with Gasteiger partial charge in [-0.15, -0.1) is 10.2 Å². The van der Waals surface area contributed by atoms with Crippen LogP contribution in [-0.4, -0.2) is 30.3 Å². The van der Waals surface area contributed by atoms with Crippen LogP contribution >= 0.6 is 11.3 Å². The van der Waals surface area contributed by atoms with Crippen LogP contribution in [0, 0.1) is 0 Å². The molecule has 104 valence electrons. The Labute approximate surface area is 120 Å². The second kappa shape index (κ2) is 6.67. The van der Waals surface area contributed by atoms with Gasteiger partial charge in [0, 0.05) is 6.08 Å². The normalized spacial score (nSPS) is 10.5. The Hall–Kier alpha value is -2.41. The fourth-order valence-electron chi connectivity index (χ4n) is 1.50. The lowest BCUT2D eigenvalue weighted by Gasteiger charge is -2.07. The lowest BCUT2D eigenvalue weighted by Crippen LogP contribution is -2.07. The maximum absolute atomic E-state index is 11.6. The number of carbonyl (C=O) groups excluding carboxylic acids is 1. The number of nitrogens with one attached hydrogen (secondary N) is 1. The van der Waals surface area contributed by atoms with Gasteiger partial charge < -0.3 is 9.47 Å². The van der Waals surface area contributed by atoms with Gasteiger partial charge in [-0.25, -0.2) is 0 Å². The Morgan fingerprint density at radius 3 is 2.75 bits per heavy atom. The zero-order valence-corrected chi connectivity index (χ0v) is 11.8. The molecule has 0 aliphatic rings. The summed E-state index contributed by atoms with van der Waals surface area (Å²) in [6, 6.07) is 5.39. The third-order valence-corrected chi connectivity index (χ3v) is 3.03. The Morgan fingerprint density at radius 2 is 2.10 bits per heavy atom. The molecule has 0 bridgehead atoms. The molecular formula is C13H13N3O3S. The largest absolute Gasteiger partial charge is 0.493 e. The molecule has 2 aromatic rings. The summed E-state index contributed by atoms with van der Waals surface area (Å²) in [6.45, 7) is 0. The van der Waals surface area contributed by atoms with Crippen LogP contribution in [0.15, 0.2) is 29.8 Å². The quantitative estimate of drug-likeness (QED) is 0.855. The van der Waals surface area contributed by atoms with Crippen molar-refractivity contribution in [3.8, 4) is 11.5 Å². The van der Waals surface area contributed by atoms with Crippen LogP contribution in [0.2, 0.25) is 0 Å². The number of methoxy groups -OCH3 is 2. The standard InChI is InChI=1S/C13H13N3O3S/c1-18-10-5-3-9(7-11(10)19-2)4-6-12(17)15-13-16-14-8-20-13/h3-8H,1-2H3,(H,15,16,17)/b6-4+. The molecule has 0 radical (unpaired) electrons. The van der Waals surface area contributed by atoms with Gasteiger partial charge in [-0.3, -0.25) is 10.1 Å². The van der Waals surface area contributed by atoms with Gasteiger partial charge in [0.1, 0.15) is 5.51 Å². The van der Waals surface area contributed by atoms with Crippen molar-refractivity contribution in [1.82, 2.24) is 10.2 Å². The topological polar surface area (TPSA) is 73.3 Å². The number of hydrogen-bond acceptors (Lipinski definition) is 6. The molecule has 0 fully saturated rings. The van der Waals surface area contributed by atoms with E-state index in [4.69, 9.17) is 9.47 Å². The second-order valence-electron chi connectivity index (χ2n) is 3.68. The fourth-order valence-corrected chi connectivity index (χ4v) is 1.95. The number of benzene rings is 1. The van der Waals surface area contributed by atoms with Crippen molar-refractivity contribution in [3.05, 3.63) is 35.3 Å². The third kappa shape index (κ3) is 3.55. The van der Waals surface area contributed by atoms with Crippen LogP contribution in [0.3, 0.4) is 0 Å². The summed E-state index contributed by atoms with van der Waals surface area (Å²) in [6.07, 6.45) is 3.10. The minimum atomic E-state index is -0.267. The van der Waals surface area contributed by atoms with E-state index in [-0.39, 0.29) is 5.91 Å². The average Bonchev–Trinajstić information content (AvgIpc) is 2.97. The third-order valence-electron chi connectivity index (χ3n) is 2.42. The highest BCUT2D eigenvalue weighted by Gasteiger charge is 2.04. The van der Waals surface area contributed by atoms with E-state index < -0.39 is 0 Å².